The molecule has 0 spiro atoms. The van der Waals surface area contributed by atoms with Crippen molar-refractivity contribution in [1.82, 2.24) is 14.7 Å². The molecule has 0 aliphatic carbocycles. The normalized spacial score (nSPS) is 19.6. The Kier molecular flexibility index (Phi) is 2.87. The molecule has 2 heterocycles. The number of likely N-dealkylation sites (tertiary alicyclic amines) is 1. The van der Waals surface area contributed by atoms with Gasteiger partial charge in [-0.05, 0) is 13.3 Å². The van der Waals surface area contributed by atoms with Gasteiger partial charge in [-0.3, -0.25) is 14.3 Å². The van der Waals surface area contributed by atoms with Crippen LogP contribution in [-0.4, -0.2) is 44.8 Å². The Morgan fingerprint density at radius 3 is 2.71 bits per heavy atom. The molecule has 92 valence electrons. The van der Waals surface area contributed by atoms with Crippen molar-refractivity contribution < 1.29 is 14.7 Å². The maximum absolute atomic E-state index is 12.1. The number of carboxylic acids is 1. The van der Waals surface area contributed by atoms with Crippen molar-refractivity contribution in [3.05, 3.63) is 17.5 Å². The number of hydrogen-bond acceptors (Lipinski definition) is 3. The van der Waals surface area contributed by atoms with E-state index in [1.165, 1.54) is 6.20 Å². The molecular weight excluding hydrogens is 222 g/mol. The zero-order chi connectivity index (χ0) is 12.6. The van der Waals surface area contributed by atoms with Crippen LogP contribution in [0.4, 0.5) is 0 Å². The first-order valence-corrected chi connectivity index (χ1v) is 5.51. The minimum absolute atomic E-state index is 0.126. The quantitative estimate of drug-likeness (QED) is 0.801. The topological polar surface area (TPSA) is 75.4 Å². The highest BCUT2D eigenvalue weighted by atomic mass is 16.4. The molecule has 1 N–H and O–H groups in total. The molecule has 1 amide bonds. The van der Waals surface area contributed by atoms with Crippen molar-refractivity contribution in [3.63, 3.8) is 0 Å². The molecule has 0 radical (unpaired) electrons. The zero-order valence-electron chi connectivity index (χ0n) is 9.88. The summed E-state index contributed by atoms with van der Waals surface area (Å²) in [5, 5.41) is 12.9. The van der Waals surface area contributed by atoms with Gasteiger partial charge in [0.05, 0.1) is 17.7 Å². The van der Waals surface area contributed by atoms with E-state index in [4.69, 9.17) is 5.11 Å². The van der Waals surface area contributed by atoms with E-state index in [0.717, 1.165) is 5.69 Å². The fraction of sp³-hybridized carbons (Fsp3) is 0.545. The average molecular weight is 237 g/mol. The van der Waals surface area contributed by atoms with Crippen molar-refractivity contribution in [2.24, 2.45) is 13.0 Å². The highest BCUT2D eigenvalue weighted by Gasteiger charge is 2.32. The summed E-state index contributed by atoms with van der Waals surface area (Å²) in [7, 11) is 1.77. The first-order chi connectivity index (χ1) is 8.00. The number of hydrogen-bond donors (Lipinski definition) is 1. The Balaban J connectivity index is 2.12. The summed E-state index contributed by atoms with van der Waals surface area (Å²) in [5.74, 6) is -1.39. The van der Waals surface area contributed by atoms with Crippen LogP contribution in [0.2, 0.25) is 0 Å². The van der Waals surface area contributed by atoms with Crippen molar-refractivity contribution in [3.8, 4) is 0 Å². The maximum Gasteiger partial charge on any atom is 0.308 e. The molecule has 2 rings (SSSR count). The van der Waals surface area contributed by atoms with E-state index in [0.29, 0.717) is 25.1 Å². The van der Waals surface area contributed by atoms with Crippen molar-refractivity contribution in [2.75, 3.05) is 13.1 Å². The lowest BCUT2D eigenvalue weighted by Gasteiger charge is -2.15. The number of carboxylic acid groups (broad SMARTS) is 1. The number of nitrogens with zero attached hydrogens (tertiary/aromatic N) is 3. The van der Waals surface area contributed by atoms with E-state index < -0.39 is 11.9 Å². The third-order valence-corrected chi connectivity index (χ3v) is 3.29. The standard InChI is InChI=1S/C11H15N3O3/c1-7-9(5-12-13(7)2)10(15)14-4-3-8(6-14)11(16)17/h5,8H,3-4,6H2,1-2H3,(H,16,17). The molecule has 1 aromatic rings. The van der Waals surface area contributed by atoms with Crippen LogP contribution in [0.25, 0.3) is 0 Å². The van der Waals surface area contributed by atoms with Crippen LogP contribution < -0.4 is 0 Å². The third kappa shape index (κ3) is 2.02. The van der Waals surface area contributed by atoms with Crippen LogP contribution in [-0.2, 0) is 11.8 Å². The van der Waals surface area contributed by atoms with Gasteiger partial charge in [-0.1, -0.05) is 0 Å². The van der Waals surface area contributed by atoms with Gasteiger partial charge in [0, 0.05) is 25.8 Å². The lowest BCUT2D eigenvalue weighted by molar-refractivity contribution is -0.141. The molecule has 1 unspecified atom stereocenters. The van der Waals surface area contributed by atoms with E-state index in [1.807, 2.05) is 6.92 Å². The van der Waals surface area contributed by atoms with Gasteiger partial charge in [0.1, 0.15) is 0 Å². The highest BCUT2D eigenvalue weighted by Crippen LogP contribution is 2.19. The van der Waals surface area contributed by atoms with Crippen LogP contribution in [0.3, 0.4) is 0 Å². The maximum atomic E-state index is 12.1. The smallest absolute Gasteiger partial charge is 0.308 e. The molecule has 1 aliphatic heterocycles. The van der Waals surface area contributed by atoms with Gasteiger partial charge in [-0.25, -0.2) is 0 Å². The Morgan fingerprint density at radius 1 is 1.53 bits per heavy atom. The first kappa shape index (κ1) is 11.6. The lowest BCUT2D eigenvalue weighted by atomic mass is 10.1. The summed E-state index contributed by atoms with van der Waals surface area (Å²) in [6.07, 6.45) is 2.06. The molecule has 6 nitrogen and oxygen atoms in total. The lowest BCUT2D eigenvalue weighted by Crippen LogP contribution is -2.30. The predicted octanol–water partition coefficient (Wildman–Crippen LogP) is 0.275. The number of carbonyl (C=O) groups is 2. The Morgan fingerprint density at radius 2 is 2.24 bits per heavy atom. The van der Waals surface area contributed by atoms with Gasteiger partial charge < -0.3 is 10.0 Å². The van der Waals surface area contributed by atoms with Gasteiger partial charge >= 0.3 is 5.97 Å². The zero-order valence-corrected chi connectivity index (χ0v) is 9.88. The number of amides is 1. The van der Waals surface area contributed by atoms with Gasteiger partial charge in [0.15, 0.2) is 0 Å². The van der Waals surface area contributed by atoms with Gasteiger partial charge in [-0.15, -0.1) is 0 Å². The van der Waals surface area contributed by atoms with Crippen LogP contribution in [0.1, 0.15) is 22.5 Å². The van der Waals surface area contributed by atoms with Crippen molar-refractivity contribution >= 4 is 11.9 Å². The molecule has 0 saturated carbocycles. The largest absolute Gasteiger partial charge is 0.481 e. The first-order valence-electron chi connectivity index (χ1n) is 5.51. The summed E-state index contributed by atoms with van der Waals surface area (Å²) in [4.78, 5) is 24.5. The minimum Gasteiger partial charge on any atom is -0.481 e. The van der Waals surface area contributed by atoms with Crippen LogP contribution >= 0.6 is 0 Å². The van der Waals surface area contributed by atoms with Gasteiger partial charge in [0.25, 0.3) is 5.91 Å². The minimum atomic E-state index is -0.830. The second-order valence-electron chi connectivity index (χ2n) is 4.34. The number of carbonyl (C=O) groups excluding carboxylic acids is 1. The number of rotatable bonds is 2. The monoisotopic (exact) mass is 237 g/mol. The molecule has 1 aliphatic rings. The molecule has 6 heteroatoms. The summed E-state index contributed by atoms with van der Waals surface area (Å²) in [5.41, 5.74) is 1.35. The van der Waals surface area contributed by atoms with E-state index in [9.17, 15) is 9.59 Å². The van der Waals surface area contributed by atoms with Crippen molar-refractivity contribution in [1.29, 1.82) is 0 Å². The molecular formula is C11H15N3O3. The second-order valence-corrected chi connectivity index (χ2v) is 4.34. The number of aromatic nitrogens is 2. The molecule has 0 aromatic carbocycles. The van der Waals surface area contributed by atoms with Crippen LogP contribution in [0, 0.1) is 12.8 Å². The van der Waals surface area contributed by atoms with Crippen LogP contribution in [0.5, 0.6) is 0 Å². The molecule has 1 aromatic heterocycles. The number of aliphatic carboxylic acids is 1. The van der Waals surface area contributed by atoms with Gasteiger partial charge in [0.2, 0.25) is 0 Å². The molecule has 0 bridgehead atoms. The number of aryl methyl sites for hydroxylation is 1. The summed E-state index contributed by atoms with van der Waals surface area (Å²) >= 11 is 0. The summed E-state index contributed by atoms with van der Waals surface area (Å²) in [6, 6.07) is 0. The Labute approximate surface area is 98.8 Å². The van der Waals surface area contributed by atoms with Gasteiger partial charge in [-0.2, -0.15) is 5.10 Å². The fourth-order valence-electron chi connectivity index (χ4n) is 2.03. The predicted molar refractivity (Wildman–Crippen MR) is 59.6 cm³/mol. The second kappa shape index (κ2) is 4.20. The van der Waals surface area contributed by atoms with E-state index in [1.54, 1.807) is 16.6 Å². The highest BCUT2D eigenvalue weighted by molar-refractivity contribution is 5.95. The molecule has 1 fully saturated rings. The fourth-order valence-corrected chi connectivity index (χ4v) is 2.03. The summed E-state index contributed by atoms with van der Waals surface area (Å²) < 4.78 is 1.64. The van der Waals surface area contributed by atoms with E-state index in [-0.39, 0.29) is 5.91 Å². The molecule has 17 heavy (non-hydrogen) atoms. The third-order valence-electron chi connectivity index (χ3n) is 3.29. The average Bonchev–Trinajstić information content (AvgIpc) is 2.87. The summed E-state index contributed by atoms with van der Waals surface area (Å²) in [6.45, 7) is 2.62. The van der Waals surface area contributed by atoms with Crippen LogP contribution in [0.15, 0.2) is 6.20 Å². The van der Waals surface area contributed by atoms with Crippen molar-refractivity contribution in [2.45, 2.75) is 13.3 Å². The SMILES string of the molecule is Cc1c(C(=O)N2CCC(C(=O)O)C2)cnn1C. The Hall–Kier alpha value is -1.85. The van der Waals surface area contributed by atoms with E-state index >= 15 is 0 Å². The van der Waals surface area contributed by atoms with E-state index in [2.05, 4.69) is 5.10 Å². The molecule has 1 atom stereocenters. The molecule has 1 saturated heterocycles. The Bertz CT molecular complexity index is 467.